The first kappa shape index (κ1) is 20.8. The van der Waals surface area contributed by atoms with Crippen LogP contribution in [0.15, 0.2) is 91.1 Å². The van der Waals surface area contributed by atoms with Gasteiger partial charge in [0.1, 0.15) is 0 Å². The standard InChI is InChI=1S/C28H23N3O2/c29-15-18-9-11-21(12-10-18)26-23(20-6-2-1-3-7-20)14-24-27(31-26)25(16-30-28(24)33)22-8-4-5-19(13-22)17-32/h1-14,16,32H,15,17,29H2,(H,30,33). The Balaban J connectivity index is 1.82. The van der Waals surface area contributed by atoms with E-state index in [9.17, 15) is 10.2 Å². The predicted molar refractivity (Wildman–Crippen MR) is 131 cm³/mol. The van der Waals surface area contributed by atoms with Crippen LogP contribution in [-0.4, -0.2) is 20.2 Å². The molecule has 5 rings (SSSR count). The maximum Gasteiger partial charge on any atom is 0.220 e. The van der Waals surface area contributed by atoms with Crippen molar-refractivity contribution in [2.75, 3.05) is 0 Å². The molecule has 162 valence electrons. The van der Waals surface area contributed by atoms with Crippen molar-refractivity contribution in [3.8, 4) is 39.4 Å². The minimum atomic E-state index is -0.0678. The van der Waals surface area contributed by atoms with E-state index in [-0.39, 0.29) is 12.5 Å². The summed E-state index contributed by atoms with van der Waals surface area (Å²) in [6.45, 7) is 0.420. The summed E-state index contributed by atoms with van der Waals surface area (Å²) in [5, 5.41) is 20.8. The molecule has 5 heteroatoms. The number of nitrogens with two attached hydrogens (primary N) is 1. The van der Waals surface area contributed by atoms with Gasteiger partial charge in [-0.1, -0.05) is 72.8 Å². The molecule has 0 aliphatic heterocycles. The molecule has 0 spiro atoms. The fourth-order valence-corrected chi connectivity index (χ4v) is 4.05. The van der Waals surface area contributed by atoms with Crippen molar-refractivity contribution in [1.82, 2.24) is 9.97 Å². The van der Waals surface area contributed by atoms with Crippen molar-refractivity contribution < 1.29 is 10.2 Å². The molecule has 2 heterocycles. The monoisotopic (exact) mass is 433 g/mol. The highest BCUT2D eigenvalue weighted by Crippen LogP contribution is 2.38. The third-order valence-corrected chi connectivity index (χ3v) is 5.80. The number of rotatable bonds is 5. The number of fused-ring (bicyclic) bond motifs is 1. The number of hydrogen-bond donors (Lipinski definition) is 3. The molecule has 0 atom stereocenters. The van der Waals surface area contributed by atoms with Crippen LogP contribution in [-0.2, 0) is 13.2 Å². The first-order chi connectivity index (χ1) is 16.2. The fourth-order valence-electron chi connectivity index (χ4n) is 4.05. The first-order valence-electron chi connectivity index (χ1n) is 10.8. The Bertz CT molecular complexity index is 1430. The van der Waals surface area contributed by atoms with Gasteiger partial charge in [0.05, 0.1) is 23.2 Å². The summed E-state index contributed by atoms with van der Waals surface area (Å²) < 4.78 is 0. The van der Waals surface area contributed by atoms with E-state index in [0.29, 0.717) is 17.4 Å². The topological polar surface area (TPSA) is 92.3 Å². The van der Waals surface area contributed by atoms with Crippen molar-refractivity contribution in [1.29, 1.82) is 0 Å². The Kier molecular flexibility index (Phi) is 5.57. The molecular weight excluding hydrogens is 410 g/mol. The number of aromatic hydroxyl groups is 1. The number of aliphatic hydroxyl groups is 1. The van der Waals surface area contributed by atoms with Gasteiger partial charge in [0.2, 0.25) is 5.88 Å². The van der Waals surface area contributed by atoms with Crippen LogP contribution in [0.2, 0.25) is 0 Å². The van der Waals surface area contributed by atoms with Crippen LogP contribution in [0, 0.1) is 0 Å². The van der Waals surface area contributed by atoms with Crippen LogP contribution in [0.5, 0.6) is 5.88 Å². The van der Waals surface area contributed by atoms with E-state index in [1.807, 2.05) is 84.9 Å². The highest BCUT2D eigenvalue weighted by atomic mass is 16.3. The number of aromatic nitrogens is 2. The van der Waals surface area contributed by atoms with Gasteiger partial charge in [-0.25, -0.2) is 9.97 Å². The van der Waals surface area contributed by atoms with E-state index in [4.69, 9.17) is 10.7 Å². The van der Waals surface area contributed by atoms with Crippen molar-refractivity contribution in [3.63, 3.8) is 0 Å². The smallest absolute Gasteiger partial charge is 0.220 e. The summed E-state index contributed by atoms with van der Waals surface area (Å²) in [4.78, 5) is 9.31. The van der Waals surface area contributed by atoms with Crippen molar-refractivity contribution in [3.05, 3.63) is 102 Å². The van der Waals surface area contributed by atoms with Gasteiger partial charge in [0.15, 0.2) is 0 Å². The van der Waals surface area contributed by atoms with E-state index >= 15 is 0 Å². The average molecular weight is 434 g/mol. The van der Waals surface area contributed by atoms with Gasteiger partial charge in [-0.15, -0.1) is 0 Å². The maximum atomic E-state index is 10.6. The molecule has 5 aromatic rings. The largest absolute Gasteiger partial charge is 0.493 e. The summed E-state index contributed by atoms with van der Waals surface area (Å²) in [7, 11) is 0. The lowest BCUT2D eigenvalue weighted by molar-refractivity contribution is 0.282. The molecule has 0 fully saturated rings. The summed E-state index contributed by atoms with van der Waals surface area (Å²) in [5.74, 6) is -0.0678. The van der Waals surface area contributed by atoms with E-state index in [1.54, 1.807) is 6.20 Å². The molecule has 4 N–H and O–H groups in total. The molecule has 3 aromatic carbocycles. The van der Waals surface area contributed by atoms with Gasteiger partial charge in [0, 0.05) is 29.4 Å². The zero-order valence-corrected chi connectivity index (χ0v) is 17.9. The van der Waals surface area contributed by atoms with Crippen LogP contribution in [0.1, 0.15) is 11.1 Å². The molecule has 0 saturated carbocycles. The summed E-state index contributed by atoms with van der Waals surface area (Å²) in [6.07, 6.45) is 1.63. The zero-order valence-electron chi connectivity index (χ0n) is 17.9. The number of nitrogens with zero attached hydrogens (tertiary/aromatic N) is 2. The molecule has 5 nitrogen and oxygen atoms in total. The van der Waals surface area contributed by atoms with Gasteiger partial charge < -0.3 is 15.9 Å². The molecule has 0 amide bonds. The summed E-state index contributed by atoms with van der Waals surface area (Å²) in [5.41, 5.74) is 13.6. The molecule has 0 radical (unpaired) electrons. The molecule has 2 aromatic heterocycles. The Hall–Kier alpha value is -4.06. The lowest BCUT2D eigenvalue weighted by Gasteiger charge is -2.15. The van der Waals surface area contributed by atoms with Gasteiger partial charge >= 0.3 is 0 Å². The van der Waals surface area contributed by atoms with Gasteiger partial charge in [-0.2, -0.15) is 0 Å². The van der Waals surface area contributed by atoms with Crippen LogP contribution in [0.4, 0.5) is 0 Å². The van der Waals surface area contributed by atoms with Crippen LogP contribution < -0.4 is 5.73 Å². The van der Waals surface area contributed by atoms with Crippen molar-refractivity contribution in [2.45, 2.75) is 13.2 Å². The van der Waals surface area contributed by atoms with Gasteiger partial charge in [-0.3, -0.25) is 0 Å². The Morgan fingerprint density at radius 3 is 2.21 bits per heavy atom. The van der Waals surface area contributed by atoms with Crippen molar-refractivity contribution >= 4 is 10.9 Å². The number of aliphatic hydroxyl groups excluding tert-OH is 1. The molecule has 0 aliphatic carbocycles. The van der Waals surface area contributed by atoms with E-state index in [2.05, 4.69) is 4.98 Å². The molecule has 0 bridgehead atoms. The third-order valence-electron chi connectivity index (χ3n) is 5.80. The lowest BCUT2D eigenvalue weighted by Crippen LogP contribution is -1.97. The average Bonchev–Trinajstić information content (AvgIpc) is 2.89. The highest BCUT2D eigenvalue weighted by molar-refractivity contribution is 6.00. The Morgan fingerprint density at radius 1 is 0.727 bits per heavy atom. The second kappa shape index (κ2) is 8.82. The lowest BCUT2D eigenvalue weighted by atomic mass is 9.95. The highest BCUT2D eigenvalue weighted by Gasteiger charge is 2.17. The first-order valence-corrected chi connectivity index (χ1v) is 10.8. The maximum absolute atomic E-state index is 10.6. The zero-order chi connectivity index (χ0) is 22.8. The van der Waals surface area contributed by atoms with Crippen molar-refractivity contribution in [2.24, 2.45) is 5.73 Å². The predicted octanol–water partition coefficient (Wildman–Crippen LogP) is 5.29. The minimum Gasteiger partial charge on any atom is -0.493 e. The van der Waals surface area contributed by atoms with E-state index < -0.39 is 0 Å². The molecular formula is C28H23N3O2. The fraction of sp³-hybridized carbons (Fsp3) is 0.0714. The number of pyridine rings is 2. The SMILES string of the molecule is NCc1ccc(-c2nc3c(-c4cccc(CO)c4)cnc(O)c3cc2-c2ccccc2)cc1. The Morgan fingerprint density at radius 2 is 1.48 bits per heavy atom. The quantitative estimate of drug-likeness (QED) is 0.350. The minimum absolute atomic E-state index is 0.0540. The summed E-state index contributed by atoms with van der Waals surface area (Å²) in [6, 6.07) is 27.6. The second-order valence-corrected chi connectivity index (χ2v) is 7.90. The Labute approximate surface area is 191 Å². The van der Waals surface area contributed by atoms with Crippen LogP contribution in [0.3, 0.4) is 0 Å². The molecule has 0 unspecified atom stereocenters. The molecule has 33 heavy (non-hydrogen) atoms. The van der Waals surface area contributed by atoms with Gasteiger partial charge in [-0.05, 0) is 34.4 Å². The molecule has 0 aliphatic rings. The normalized spacial score (nSPS) is 11.1. The van der Waals surface area contributed by atoms with E-state index in [1.165, 1.54) is 0 Å². The number of benzene rings is 3. The van der Waals surface area contributed by atoms with Crippen LogP contribution in [0.25, 0.3) is 44.4 Å². The van der Waals surface area contributed by atoms with Gasteiger partial charge in [0.25, 0.3) is 0 Å². The molecule has 0 saturated heterocycles. The number of hydrogen-bond acceptors (Lipinski definition) is 5. The second-order valence-electron chi connectivity index (χ2n) is 7.90. The third kappa shape index (κ3) is 3.96. The summed E-state index contributed by atoms with van der Waals surface area (Å²) >= 11 is 0. The van der Waals surface area contributed by atoms with E-state index in [0.717, 1.165) is 44.6 Å². The van der Waals surface area contributed by atoms with Crippen LogP contribution >= 0.6 is 0 Å².